The Morgan fingerprint density at radius 3 is 2.53 bits per heavy atom. The number of carbonyl (C=O) groups is 2. The molecule has 0 aromatic heterocycles. The number of amides is 2. The molecule has 2 N–H and O–H groups in total. The Morgan fingerprint density at radius 1 is 1.21 bits per heavy atom. The van der Waals surface area contributed by atoms with E-state index in [1.807, 2.05) is 18.7 Å². The van der Waals surface area contributed by atoms with Gasteiger partial charge in [-0.1, -0.05) is 6.92 Å². The van der Waals surface area contributed by atoms with Crippen LogP contribution < -0.4 is 10.6 Å². The van der Waals surface area contributed by atoms with Crippen LogP contribution in [0.4, 0.5) is 0 Å². The van der Waals surface area contributed by atoms with Crippen molar-refractivity contribution in [1.82, 2.24) is 15.5 Å². The molecule has 0 saturated carbocycles. The fraction of sp³-hybridized carbons (Fsp3) is 0.857. The molecule has 5 nitrogen and oxygen atoms in total. The van der Waals surface area contributed by atoms with Gasteiger partial charge in [-0.05, 0) is 32.7 Å². The summed E-state index contributed by atoms with van der Waals surface area (Å²) in [5.41, 5.74) is 0. The van der Waals surface area contributed by atoms with Crippen LogP contribution in [0.5, 0.6) is 0 Å². The molecule has 1 fully saturated rings. The normalized spacial score (nSPS) is 17.1. The van der Waals surface area contributed by atoms with Gasteiger partial charge in [-0.25, -0.2) is 0 Å². The molecular formula is C14H27N3O2. The molecule has 0 aromatic carbocycles. The van der Waals surface area contributed by atoms with E-state index in [2.05, 4.69) is 10.6 Å². The van der Waals surface area contributed by atoms with Crippen molar-refractivity contribution >= 4 is 11.8 Å². The molecule has 1 aliphatic rings. The van der Waals surface area contributed by atoms with Crippen LogP contribution in [0, 0.1) is 0 Å². The van der Waals surface area contributed by atoms with Crippen LogP contribution >= 0.6 is 0 Å². The number of nitrogens with zero attached hydrogens (tertiary/aromatic N) is 1. The molecule has 1 heterocycles. The van der Waals surface area contributed by atoms with Crippen molar-refractivity contribution in [3.8, 4) is 0 Å². The van der Waals surface area contributed by atoms with E-state index in [4.69, 9.17) is 0 Å². The monoisotopic (exact) mass is 269 g/mol. The number of likely N-dealkylation sites (tertiary alicyclic amines) is 1. The van der Waals surface area contributed by atoms with Crippen molar-refractivity contribution in [3.05, 3.63) is 0 Å². The van der Waals surface area contributed by atoms with E-state index in [0.717, 1.165) is 32.5 Å². The van der Waals surface area contributed by atoms with Gasteiger partial charge in [0, 0.05) is 38.5 Å². The topological polar surface area (TPSA) is 61.4 Å². The second-order valence-corrected chi connectivity index (χ2v) is 5.20. The zero-order valence-corrected chi connectivity index (χ0v) is 12.2. The molecule has 110 valence electrons. The van der Waals surface area contributed by atoms with Crippen LogP contribution in [0.2, 0.25) is 0 Å². The summed E-state index contributed by atoms with van der Waals surface area (Å²) in [7, 11) is 0. The van der Waals surface area contributed by atoms with Gasteiger partial charge in [0.2, 0.25) is 11.8 Å². The highest BCUT2D eigenvalue weighted by Crippen LogP contribution is 2.09. The van der Waals surface area contributed by atoms with Gasteiger partial charge in [-0.15, -0.1) is 0 Å². The second kappa shape index (κ2) is 8.91. The lowest BCUT2D eigenvalue weighted by molar-refractivity contribution is -0.132. The Labute approximate surface area is 116 Å². The molecule has 0 radical (unpaired) electrons. The molecular weight excluding hydrogens is 242 g/mol. The smallest absolute Gasteiger partial charge is 0.224 e. The second-order valence-electron chi connectivity index (χ2n) is 5.20. The molecule has 0 aliphatic carbocycles. The van der Waals surface area contributed by atoms with E-state index in [1.54, 1.807) is 0 Å². The third-order valence-electron chi connectivity index (χ3n) is 3.41. The quantitative estimate of drug-likeness (QED) is 0.721. The Balaban J connectivity index is 2.11. The summed E-state index contributed by atoms with van der Waals surface area (Å²) in [6, 6.07) is 0.183. The SMILES string of the molecule is CCNC(C)CC(=O)NCCC(=O)N1CCCCC1. The van der Waals surface area contributed by atoms with Crippen molar-refractivity contribution < 1.29 is 9.59 Å². The van der Waals surface area contributed by atoms with Crippen molar-refractivity contribution in [2.75, 3.05) is 26.2 Å². The predicted octanol–water partition coefficient (Wildman–Crippen LogP) is 0.893. The number of piperidine rings is 1. The van der Waals surface area contributed by atoms with E-state index < -0.39 is 0 Å². The summed E-state index contributed by atoms with van der Waals surface area (Å²) in [5.74, 6) is 0.180. The Hall–Kier alpha value is -1.10. The van der Waals surface area contributed by atoms with Crippen LogP contribution in [0.25, 0.3) is 0 Å². The van der Waals surface area contributed by atoms with Gasteiger partial charge in [0.05, 0.1) is 0 Å². The molecule has 0 spiro atoms. The van der Waals surface area contributed by atoms with Gasteiger partial charge in [-0.2, -0.15) is 0 Å². The van der Waals surface area contributed by atoms with Crippen LogP contribution in [0.15, 0.2) is 0 Å². The first kappa shape index (κ1) is 16.0. The van der Waals surface area contributed by atoms with E-state index in [9.17, 15) is 9.59 Å². The number of nitrogens with one attached hydrogen (secondary N) is 2. The Bertz CT molecular complexity index is 288. The van der Waals surface area contributed by atoms with Crippen molar-refractivity contribution in [3.63, 3.8) is 0 Å². The van der Waals surface area contributed by atoms with Gasteiger partial charge < -0.3 is 15.5 Å². The predicted molar refractivity (Wildman–Crippen MR) is 75.8 cm³/mol. The van der Waals surface area contributed by atoms with Crippen molar-refractivity contribution in [2.24, 2.45) is 0 Å². The Kier molecular flexibility index (Phi) is 7.48. The van der Waals surface area contributed by atoms with E-state index in [-0.39, 0.29) is 17.9 Å². The van der Waals surface area contributed by atoms with E-state index >= 15 is 0 Å². The largest absolute Gasteiger partial charge is 0.356 e. The molecule has 1 saturated heterocycles. The number of carbonyl (C=O) groups excluding carboxylic acids is 2. The van der Waals surface area contributed by atoms with Gasteiger partial charge in [-0.3, -0.25) is 9.59 Å². The Morgan fingerprint density at radius 2 is 1.89 bits per heavy atom. The zero-order chi connectivity index (χ0) is 14.1. The lowest BCUT2D eigenvalue weighted by Gasteiger charge is -2.26. The van der Waals surface area contributed by atoms with Gasteiger partial charge in [0.25, 0.3) is 0 Å². The summed E-state index contributed by atoms with van der Waals surface area (Å²) < 4.78 is 0. The minimum Gasteiger partial charge on any atom is -0.356 e. The molecule has 0 bridgehead atoms. The summed E-state index contributed by atoms with van der Waals surface area (Å²) in [4.78, 5) is 25.4. The summed E-state index contributed by atoms with van der Waals surface area (Å²) in [6.07, 6.45) is 4.33. The maximum atomic E-state index is 11.9. The number of hydrogen-bond acceptors (Lipinski definition) is 3. The fourth-order valence-corrected chi connectivity index (χ4v) is 2.38. The molecule has 1 unspecified atom stereocenters. The highest BCUT2D eigenvalue weighted by atomic mass is 16.2. The number of hydrogen-bond donors (Lipinski definition) is 2. The summed E-state index contributed by atoms with van der Waals surface area (Å²) in [5, 5.41) is 6.01. The molecule has 1 aliphatic heterocycles. The highest BCUT2D eigenvalue weighted by molar-refractivity contribution is 5.79. The first-order valence-corrected chi connectivity index (χ1v) is 7.41. The van der Waals surface area contributed by atoms with Crippen molar-refractivity contribution in [1.29, 1.82) is 0 Å². The molecule has 2 amide bonds. The minimum atomic E-state index is 0.0138. The van der Waals surface area contributed by atoms with Gasteiger partial charge in [0.1, 0.15) is 0 Å². The molecule has 19 heavy (non-hydrogen) atoms. The average Bonchev–Trinajstić information content (AvgIpc) is 2.39. The summed E-state index contributed by atoms with van der Waals surface area (Å²) in [6.45, 7) is 7.08. The molecule has 1 rings (SSSR count). The molecule has 5 heteroatoms. The number of rotatable bonds is 7. The first-order chi connectivity index (χ1) is 9.13. The minimum absolute atomic E-state index is 0.0138. The van der Waals surface area contributed by atoms with Crippen LogP contribution in [0.1, 0.15) is 46.0 Å². The average molecular weight is 269 g/mol. The fourth-order valence-electron chi connectivity index (χ4n) is 2.38. The standard InChI is InChI=1S/C14H27N3O2/c1-3-15-12(2)11-13(18)16-8-7-14(19)17-9-5-4-6-10-17/h12,15H,3-11H2,1-2H3,(H,16,18). The van der Waals surface area contributed by atoms with Crippen molar-refractivity contribution in [2.45, 2.75) is 52.0 Å². The third-order valence-corrected chi connectivity index (χ3v) is 3.41. The highest BCUT2D eigenvalue weighted by Gasteiger charge is 2.16. The summed E-state index contributed by atoms with van der Waals surface area (Å²) >= 11 is 0. The lowest BCUT2D eigenvalue weighted by atomic mass is 10.1. The van der Waals surface area contributed by atoms with Gasteiger partial charge >= 0.3 is 0 Å². The maximum Gasteiger partial charge on any atom is 0.224 e. The van der Waals surface area contributed by atoms with Gasteiger partial charge in [0.15, 0.2) is 0 Å². The lowest BCUT2D eigenvalue weighted by Crippen LogP contribution is -2.38. The van der Waals surface area contributed by atoms with Crippen LogP contribution in [0.3, 0.4) is 0 Å². The maximum absolute atomic E-state index is 11.9. The first-order valence-electron chi connectivity index (χ1n) is 7.41. The van der Waals surface area contributed by atoms with E-state index in [1.165, 1.54) is 6.42 Å². The molecule has 1 atom stereocenters. The van der Waals surface area contributed by atoms with E-state index in [0.29, 0.717) is 19.4 Å². The molecule has 0 aromatic rings. The van der Waals surface area contributed by atoms with Crippen LogP contribution in [-0.4, -0.2) is 48.9 Å². The zero-order valence-electron chi connectivity index (χ0n) is 12.2. The van der Waals surface area contributed by atoms with Crippen LogP contribution in [-0.2, 0) is 9.59 Å². The third kappa shape index (κ3) is 6.57.